The molecule has 1 aromatic rings. The third-order valence-corrected chi connectivity index (χ3v) is 3.91. The number of hydrazone groups is 1. The summed E-state index contributed by atoms with van der Waals surface area (Å²) in [6.07, 6.45) is 1.76. The maximum atomic E-state index is 12.1. The Morgan fingerprint density at radius 3 is 2.64 bits per heavy atom. The summed E-state index contributed by atoms with van der Waals surface area (Å²) in [4.78, 5) is 13.9. The zero-order valence-electron chi connectivity index (χ0n) is 12.9. The molecule has 0 bridgehead atoms. The minimum absolute atomic E-state index is 0.121. The summed E-state index contributed by atoms with van der Waals surface area (Å²) in [7, 11) is 5.37. The van der Waals surface area contributed by atoms with Gasteiger partial charge in [-0.15, -0.1) is 0 Å². The smallest absolute Gasteiger partial charge is 0.277 e. The van der Waals surface area contributed by atoms with Gasteiger partial charge in [0.25, 0.3) is 5.91 Å². The standard InChI is InChI=1S/C15H18Cl2N4O/c1-9-5-13(12(17)6-11(9)16)18-7-14-10(8-20(2)3)15(22)21(4)19-14/h5-6,8,18H,7H2,1-4H3. The predicted molar refractivity (Wildman–Crippen MR) is 91.7 cm³/mol. The molecular formula is C15H18Cl2N4O. The van der Waals surface area contributed by atoms with Crippen molar-refractivity contribution in [2.24, 2.45) is 5.10 Å². The average Bonchev–Trinajstić information content (AvgIpc) is 2.69. The zero-order chi connectivity index (χ0) is 16.4. The maximum absolute atomic E-state index is 12.1. The largest absolute Gasteiger partial charge is 0.383 e. The van der Waals surface area contributed by atoms with Crippen LogP contribution in [0.3, 0.4) is 0 Å². The van der Waals surface area contributed by atoms with Gasteiger partial charge in [0.05, 0.1) is 28.5 Å². The highest BCUT2D eigenvalue weighted by molar-refractivity contribution is 6.37. The summed E-state index contributed by atoms with van der Waals surface area (Å²) >= 11 is 12.2. The molecule has 0 aromatic heterocycles. The number of hydrogen-bond acceptors (Lipinski definition) is 4. The maximum Gasteiger partial charge on any atom is 0.277 e. The van der Waals surface area contributed by atoms with Gasteiger partial charge >= 0.3 is 0 Å². The van der Waals surface area contributed by atoms with Gasteiger partial charge in [-0.25, -0.2) is 5.01 Å². The van der Waals surface area contributed by atoms with E-state index >= 15 is 0 Å². The van der Waals surface area contributed by atoms with Crippen LogP contribution < -0.4 is 5.32 Å². The summed E-state index contributed by atoms with van der Waals surface area (Å²) in [6.45, 7) is 2.31. The van der Waals surface area contributed by atoms with Crippen LogP contribution in [0.25, 0.3) is 0 Å². The molecule has 0 aliphatic carbocycles. The molecule has 1 amide bonds. The summed E-state index contributed by atoms with van der Waals surface area (Å²) in [5, 5.41) is 9.96. The highest BCUT2D eigenvalue weighted by Crippen LogP contribution is 2.29. The van der Waals surface area contributed by atoms with Crippen molar-refractivity contribution >= 4 is 40.5 Å². The van der Waals surface area contributed by atoms with Gasteiger partial charge in [-0.1, -0.05) is 23.2 Å². The number of hydrogen-bond donors (Lipinski definition) is 1. The number of nitrogens with zero attached hydrogens (tertiary/aromatic N) is 3. The Labute approximate surface area is 140 Å². The summed E-state index contributed by atoms with van der Waals surface area (Å²) in [6, 6.07) is 3.58. The Morgan fingerprint density at radius 1 is 1.32 bits per heavy atom. The van der Waals surface area contributed by atoms with Crippen LogP contribution >= 0.6 is 23.2 Å². The van der Waals surface area contributed by atoms with Gasteiger partial charge < -0.3 is 10.2 Å². The van der Waals surface area contributed by atoms with Crippen molar-refractivity contribution in [2.45, 2.75) is 6.92 Å². The number of benzene rings is 1. The van der Waals surface area contributed by atoms with Crippen molar-refractivity contribution in [1.29, 1.82) is 0 Å². The van der Waals surface area contributed by atoms with Gasteiger partial charge in [0.1, 0.15) is 0 Å². The molecule has 7 heteroatoms. The fourth-order valence-corrected chi connectivity index (χ4v) is 2.52. The van der Waals surface area contributed by atoms with Crippen molar-refractivity contribution in [3.63, 3.8) is 0 Å². The van der Waals surface area contributed by atoms with Crippen LogP contribution in [-0.4, -0.2) is 49.2 Å². The van der Waals surface area contributed by atoms with E-state index in [2.05, 4.69) is 10.4 Å². The number of anilines is 1. The third-order valence-electron chi connectivity index (χ3n) is 3.19. The molecular weight excluding hydrogens is 323 g/mol. The van der Waals surface area contributed by atoms with Crippen LogP contribution in [0.4, 0.5) is 5.69 Å². The van der Waals surface area contributed by atoms with Gasteiger partial charge in [-0.05, 0) is 24.6 Å². The number of carbonyl (C=O) groups excluding carboxylic acids is 1. The number of likely N-dealkylation sites (N-methyl/N-ethyl adjacent to an activating group) is 1. The van der Waals surface area contributed by atoms with E-state index in [0.29, 0.717) is 27.9 Å². The quantitative estimate of drug-likeness (QED) is 0.857. The van der Waals surface area contributed by atoms with Crippen molar-refractivity contribution < 1.29 is 4.79 Å². The molecule has 0 saturated carbocycles. The van der Waals surface area contributed by atoms with Crippen molar-refractivity contribution in [2.75, 3.05) is 33.0 Å². The monoisotopic (exact) mass is 340 g/mol. The molecule has 0 spiro atoms. The zero-order valence-corrected chi connectivity index (χ0v) is 14.5. The number of carbonyl (C=O) groups is 1. The van der Waals surface area contributed by atoms with Crippen LogP contribution in [0.5, 0.6) is 0 Å². The number of aryl methyl sites for hydroxylation is 1. The Balaban J connectivity index is 2.19. The Kier molecular flexibility index (Phi) is 4.98. The first-order valence-corrected chi connectivity index (χ1v) is 7.49. The van der Waals surface area contributed by atoms with Gasteiger partial charge in [-0.2, -0.15) is 5.10 Å². The highest BCUT2D eigenvalue weighted by atomic mass is 35.5. The molecule has 0 unspecified atom stereocenters. The first kappa shape index (κ1) is 16.6. The number of rotatable bonds is 4. The van der Waals surface area contributed by atoms with Crippen LogP contribution in [-0.2, 0) is 4.79 Å². The second-order valence-corrected chi connectivity index (χ2v) is 6.13. The average molecular weight is 341 g/mol. The highest BCUT2D eigenvalue weighted by Gasteiger charge is 2.27. The van der Waals surface area contributed by atoms with E-state index in [-0.39, 0.29) is 5.91 Å². The van der Waals surface area contributed by atoms with E-state index in [1.807, 2.05) is 32.0 Å². The van der Waals surface area contributed by atoms with Crippen LogP contribution in [0.2, 0.25) is 10.0 Å². The van der Waals surface area contributed by atoms with Gasteiger partial charge in [-0.3, -0.25) is 4.79 Å². The molecule has 0 fully saturated rings. The van der Waals surface area contributed by atoms with E-state index < -0.39 is 0 Å². The van der Waals surface area contributed by atoms with Crippen molar-refractivity contribution in [1.82, 2.24) is 9.91 Å². The first-order valence-electron chi connectivity index (χ1n) is 6.73. The lowest BCUT2D eigenvalue weighted by molar-refractivity contribution is -0.124. The number of halogens is 2. The minimum Gasteiger partial charge on any atom is -0.383 e. The Morgan fingerprint density at radius 2 is 2.00 bits per heavy atom. The second-order valence-electron chi connectivity index (χ2n) is 5.32. The molecule has 1 aliphatic rings. The lowest BCUT2D eigenvalue weighted by atomic mass is 10.1. The molecule has 118 valence electrons. The fourth-order valence-electron chi connectivity index (χ4n) is 2.07. The van der Waals surface area contributed by atoms with Gasteiger partial charge in [0, 0.05) is 32.4 Å². The van der Waals surface area contributed by atoms with E-state index in [0.717, 1.165) is 11.3 Å². The molecule has 0 atom stereocenters. The van der Waals surface area contributed by atoms with Crippen LogP contribution in [0, 0.1) is 6.92 Å². The van der Waals surface area contributed by atoms with Crippen molar-refractivity contribution in [3.8, 4) is 0 Å². The normalized spacial score (nSPS) is 16.3. The molecule has 0 saturated heterocycles. The summed E-state index contributed by atoms with van der Waals surface area (Å²) in [5.41, 5.74) is 2.93. The van der Waals surface area contributed by atoms with Crippen molar-refractivity contribution in [3.05, 3.63) is 39.5 Å². The topological polar surface area (TPSA) is 47.9 Å². The predicted octanol–water partition coefficient (Wildman–Crippen LogP) is 2.99. The molecule has 1 heterocycles. The number of amides is 1. The lowest BCUT2D eigenvalue weighted by Crippen LogP contribution is -2.21. The lowest BCUT2D eigenvalue weighted by Gasteiger charge is -2.11. The van der Waals surface area contributed by atoms with E-state index in [1.54, 1.807) is 19.3 Å². The third kappa shape index (κ3) is 3.54. The second kappa shape index (κ2) is 6.58. The molecule has 1 aromatic carbocycles. The molecule has 2 rings (SSSR count). The van der Waals surface area contributed by atoms with Gasteiger partial charge in [0.15, 0.2) is 0 Å². The molecule has 22 heavy (non-hydrogen) atoms. The van der Waals surface area contributed by atoms with E-state index in [1.165, 1.54) is 5.01 Å². The minimum atomic E-state index is -0.121. The first-order chi connectivity index (χ1) is 10.3. The summed E-state index contributed by atoms with van der Waals surface area (Å²) in [5.74, 6) is -0.121. The molecule has 1 aliphatic heterocycles. The molecule has 5 nitrogen and oxygen atoms in total. The SMILES string of the molecule is Cc1cc(NCC2=NN(C)C(=O)C2=CN(C)C)c(Cl)cc1Cl. The van der Waals surface area contributed by atoms with Crippen LogP contribution in [0.1, 0.15) is 5.56 Å². The van der Waals surface area contributed by atoms with Crippen LogP contribution in [0.15, 0.2) is 29.0 Å². The molecule has 0 radical (unpaired) electrons. The molecule has 1 N–H and O–H groups in total. The van der Waals surface area contributed by atoms with E-state index in [9.17, 15) is 4.79 Å². The summed E-state index contributed by atoms with van der Waals surface area (Å²) < 4.78 is 0. The van der Waals surface area contributed by atoms with E-state index in [4.69, 9.17) is 23.2 Å². The fraction of sp³-hybridized carbons (Fsp3) is 0.333. The van der Waals surface area contributed by atoms with Gasteiger partial charge in [0.2, 0.25) is 0 Å². The number of nitrogens with one attached hydrogen (secondary N) is 1. The Hall–Kier alpha value is -1.72. The Bertz CT molecular complexity index is 668.